The summed E-state index contributed by atoms with van der Waals surface area (Å²) in [7, 11) is 4.71. The van der Waals surface area contributed by atoms with Crippen LogP contribution < -0.4 is 4.90 Å². The fourth-order valence-corrected chi connectivity index (χ4v) is 1.19. The number of hydrogen-bond donors (Lipinski definition) is 0. The Morgan fingerprint density at radius 2 is 2.00 bits per heavy atom. The molecule has 0 saturated carbocycles. The summed E-state index contributed by atoms with van der Waals surface area (Å²) in [6.45, 7) is 0. The molecule has 0 heterocycles. The lowest BCUT2D eigenvalue weighted by Crippen LogP contribution is -2.11. The SMILES string of the molecule is COC(=O)c1cc(N(C)C)cc([N+](=O)[O-])c1. The van der Waals surface area contributed by atoms with Crippen LogP contribution in [-0.2, 0) is 4.74 Å². The predicted octanol–water partition coefficient (Wildman–Crippen LogP) is 1.45. The van der Waals surface area contributed by atoms with Crippen LogP contribution in [0, 0.1) is 10.1 Å². The van der Waals surface area contributed by atoms with Crippen LogP contribution in [0.4, 0.5) is 11.4 Å². The Balaban J connectivity index is 3.29. The Labute approximate surface area is 92.6 Å². The third-order valence-corrected chi connectivity index (χ3v) is 2.05. The number of nitro benzene ring substituents is 1. The Hall–Kier alpha value is -2.11. The molecule has 0 spiro atoms. The van der Waals surface area contributed by atoms with Crippen molar-refractivity contribution in [2.75, 3.05) is 26.1 Å². The van der Waals surface area contributed by atoms with Crippen LogP contribution in [0.3, 0.4) is 0 Å². The molecule has 0 N–H and O–H groups in total. The van der Waals surface area contributed by atoms with Gasteiger partial charge in [-0.1, -0.05) is 0 Å². The smallest absolute Gasteiger partial charge is 0.338 e. The van der Waals surface area contributed by atoms with E-state index in [4.69, 9.17) is 0 Å². The molecule has 16 heavy (non-hydrogen) atoms. The molecule has 0 aliphatic rings. The highest BCUT2D eigenvalue weighted by Gasteiger charge is 2.15. The minimum absolute atomic E-state index is 0.133. The van der Waals surface area contributed by atoms with Gasteiger partial charge in [-0.15, -0.1) is 0 Å². The third kappa shape index (κ3) is 2.47. The minimum atomic E-state index is -0.591. The first-order valence-electron chi connectivity index (χ1n) is 4.51. The van der Waals surface area contributed by atoms with Crippen molar-refractivity contribution >= 4 is 17.3 Å². The molecular weight excluding hydrogens is 212 g/mol. The van der Waals surface area contributed by atoms with Gasteiger partial charge in [-0.2, -0.15) is 0 Å². The van der Waals surface area contributed by atoms with Gasteiger partial charge < -0.3 is 9.64 Å². The highest BCUT2D eigenvalue weighted by atomic mass is 16.6. The third-order valence-electron chi connectivity index (χ3n) is 2.05. The van der Waals surface area contributed by atoms with E-state index in [1.54, 1.807) is 25.1 Å². The maximum atomic E-state index is 11.3. The molecule has 0 amide bonds. The first kappa shape index (κ1) is 12.0. The maximum absolute atomic E-state index is 11.3. The monoisotopic (exact) mass is 224 g/mol. The van der Waals surface area contributed by atoms with Gasteiger partial charge in [-0.05, 0) is 6.07 Å². The highest BCUT2D eigenvalue weighted by Crippen LogP contribution is 2.23. The number of carbonyl (C=O) groups excluding carboxylic acids is 1. The molecule has 86 valence electrons. The zero-order valence-corrected chi connectivity index (χ0v) is 9.26. The lowest BCUT2D eigenvalue weighted by Gasteiger charge is -2.12. The number of benzene rings is 1. The molecule has 0 fully saturated rings. The number of anilines is 1. The molecule has 0 saturated heterocycles. The molecule has 6 heteroatoms. The molecule has 0 aliphatic heterocycles. The second kappa shape index (κ2) is 4.61. The van der Waals surface area contributed by atoms with Crippen LogP contribution >= 0.6 is 0 Å². The molecule has 1 rings (SSSR count). The fourth-order valence-electron chi connectivity index (χ4n) is 1.19. The van der Waals surface area contributed by atoms with Gasteiger partial charge in [0.05, 0.1) is 17.6 Å². The Morgan fingerprint density at radius 1 is 1.38 bits per heavy atom. The van der Waals surface area contributed by atoms with Crippen LogP contribution in [0.1, 0.15) is 10.4 Å². The summed E-state index contributed by atoms with van der Waals surface area (Å²) in [5.41, 5.74) is 0.613. The van der Waals surface area contributed by atoms with Crippen LogP contribution in [0.5, 0.6) is 0 Å². The summed E-state index contributed by atoms with van der Waals surface area (Å²) in [5.74, 6) is -0.591. The predicted molar refractivity (Wildman–Crippen MR) is 58.8 cm³/mol. The van der Waals surface area contributed by atoms with Gasteiger partial charge in [0, 0.05) is 31.9 Å². The molecule has 0 atom stereocenters. The van der Waals surface area contributed by atoms with Crippen molar-refractivity contribution in [1.82, 2.24) is 0 Å². The second-order valence-corrected chi connectivity index (χ2v) is 3.38. The van der Waals surface area contributed by atoms with Crippen molar-refractivity contribution in [2.24, 2.45) is 0 Å². The molecule has 0 radical (unpaired) electrons. The van der Waals surface area contributed by atoms with E-state index in [2.05, 4.69) is 4.74 Å². The molecule has 1 aromatic carbocycles. The molecule has 6 nitrogen and oxygen atoms in total. The number of non-ortho nitro benzene ring substituents is 1. The number of esters is 1. The number of carbonyl (C=O) groups is 1. The number of nitrogens with zero attached hydrogens (tertiary/aromatic N) is 2. The lowest BCUT2D eigenvalue weighted by molar-refractivity contribution is -0.384. The largest absolute Gasteiger partial charge is 0.465 e. The van der Waals surface area contributed by atoms with Crippen molar-refractivity contribution in [3.63, 3.8) is 0 Å². The van der Waals surface area contributed by atoms with E-state index in [0.717, 1.165) is 0 Å². The second-order valence-electron chi connectivity index (χ2n) is 3.38. The number of methoxy groups -OCH3 is 1. The minimum Gasteiger partial charge on any atom is -0.465 e. The lowest BCUT2D eigenvalue weighted by atomic mass is 10.1. The molecule has 0 bridgehead atoms. The van der Waals surface area contributed by atoms with Crippen LogP contribution in [-0.4, -0.2) is 32.1 Å². The van der Waals surface area contributed by atoms with Crippen molar-refractivity contribution in [3.05, 3.63) is 33.9 Å². The number of ether oxygens (including phenoxy) is 1. The van der Waals surface area contributed by atoms with Gasteiger partial charge in [0.2, 0.25) is 0 Å². The van der Waals surface area contributed by atoms with Gasteiger partial charge in [0.15, 0.2) is 0 Å². The fraction of sp³-hybridized carbons (Fsp3) is 0.300. The van der Waals surface area contributed by atoms with E-state index < -0.39 is 10.9 Å². The van der Waals surface area contributed by atoms with E-state index >= 15 is 0 Å². The summed E-state index contributed by atoms with van der Waals surface area (Å²) in [5, 5.41) is 10.7. The number of nitro groups is 1. The topological polar surface area (TPSA) is 72.7 Å². The molecular formula is C10H12N2O4. The van der Waals surface area contributed by atoms with Crippen molar-refractivity contribution in [1.29, 1.82) is 0 Å². The standard InChI is InChI=1S/C10H12N2O4/c1-11(2)8-4-7(10(13)16-3)5-9(6-8)12(14)15/h4-6H,1-3H3. The van der Waals surface area contributed by atoms with E-state index in [0.29, 0.717) is 5.69 Å². The highest BCUT2D eigenvalue weighted by molar-refractivity contribution is 5.91. The summed E-state index contributed by atoms with van der Waals surface area (Å²) >= 11 is 0. The summed E-state index contributed by atoms with van der Waals surface area (Å²) in [6.07, 6.45) is 0. The van der Waals surface area contributed by atoms with Crippen LogP contribution in [0.25, 0.3) is 0 Å². The number of hydrogen-bond acceptors (Lipinski definition) is 5. The van der Waals surface area contributed by atoms with Crippen molar-refractivity contribution in [2.45, 2.75) is 0 Å². The van der Waals surface area contributed by atoms with Gasteiger partial charge in [-0.3, -0.25) is 10.1 Å². The van der Waals surface area contributed by atoms with E-state index in [-0.39, 0.29) is 11.3 Å². The molecule has 0 aliphatic carbocycles. The Bertz CT molecular complexity index is 429. The summed E-state index contributed by atoms with van der Waals surface area (Å²) < 4.78 is 4.53. The summed E-state index contributed by atoms with van der Waals surface area (Å²) in [6, 6.07) is 4.13. The first-order chi connectivity index (χ1) is 7.45. The normalized spacial score (nSPS) is 9.69. The first-order valence-corrected chi connectivity index (χ1v) is 4.51. The van der Waals surface area contributed by atoms with E-state index in [1.165, 1.54) is 19.2 Å². The van der Waals surface area contributed by atoms with Crippen molar-refractivity contribution in [3.8, 4) is 0 Å². The maximum Gasteiger partial charge on any atom is 0.338 e. The molecule has 1 aromatic rings. The average Bonchev–Trinajstić information content (AvgIpc) is 2.27. The van der Waals surface area contributed by atoms with Gasteiger partial charge in [-0.25, -0.2) is 4.79 Å². The molecule has 0 unspecified atom stereocenters. The zero-order chi connectivity index (χ0) is 12.3. The van der Waals surface area contributed by atoms with E-state index in [9.17, 15) is 14.9 Å². The Kier molecular flexibility index (Phi) is 3.44. The molecule has 0 aromatic heterocycles. The van der Waals surface area contributed by atoms with Crippen LogP contribution in [0.2, 0.25) is 0 Å². The average molecular weight is 224 g/mol. The van der Waals surface area contributed by atoms with Gasteiger partial charge >= 0.3 is 5.97 Å². The van der Waals surface area contributed by atoms with Gasteiger partial charge in [0.1, 0.15) is 0 Å². The zero-order valence-electron chi connectivity index (χ0n) is 9.26. The quantitative estimate of drug-likeness (QED) is 0.441. The van der Waals surface area contributed by atoms with E-state index in [1.807, 2.05) is 0 Å². The Morgan fingerprint density at radius 3 is 2.44 bits per heavy atom. The summed E-state index contributed by atoms with van der Waals surface area (Å²) in [4.78, 5) is 23.1. The van der Waals surface area contributed by atoms with Gasteiger partial charge in [0.25, 0.3) is 5.69 Å². The number of rotatable bonds is 3. The van der Waals surface area contributed by atoms with Crippen molar-refractivity contribution < 1.29 is 14.5 Å². The van der Waals surface area contributed by atoms with Crippen LogP contribution in [0.15, 0.2) is 18.2 Å².